The molecule has 1 aromatic rings. The largest absolute Gasteiger partial charge is 0.511 e. The van der Waals surface area contributed by atoms with Crippen molar-refractivity contribution < 1.29 is 14.7 Å². The number of piperazine rings is 1. The van der Waals surface area contributed by atoms with Gasteiger partial charge in [0, 0.05) is 58.2 Å². The molecule has 0 spiro atoms. The highest BCUT2D eigenvalue weighted by Crippen LogP contribution is 2.33. The average Bonchev–Trinajstić information content (AvgIpc) is 2.73. The Balaban J connectivity index is 1.49. The number of amides is 1. The second kappa shape index (κ2) is 9.83. The van der Waals surface area contributed by atoms with Gasteiger partial charge in [-0.05, 0) is 18.4 Å². The first-order valence-electron chi connectivity index (χ1n) is 10.5. The van der Waals surface area contributed by atoms with E-state index in [0.29, 0.717) is 31.4 Å². The van der Waals surface area contributed by atoms with Crippen molar-refractivity contribution in [2.45, 2.75) is 39.0 Å². The third-order valence-electron chi connectivity index (χ3n) is 5.82. The number of rotatable bonds is 6. The summed E-state index contributed by atoms with van der Waals surface area (Å²) in [6.07, 6.45) is 2.98. The van der Waals surface area contributed by atoms with Crippen LogP contribution >= 0.6 is 0 Å². The third kappa shape index (κ3) is 5.54. The summed E-state index contributed by atoms with van der Waals surface area (Å²) in [6.45, 7) is 8.53. The number of allylic oxidation sites excluding steroid dienone is 2. The van der Waals surface area contributed by atoms with Gasteiger partial charge < -0.3 is 10.0 Å². The number of aliphatic hydroxyl groups excluding tert-OH is 1. The van der Waals surface area contributed by atoms with E-state index in [4.69, 9.17) is 0 Å². The summed E-state index contributed by atoms with van der Waals surface area (Å²) in [5.41, 5.74) is 2.63. The van der Waals surface area contributed by atoms with E-state index in [9.17, 15) is 14.7 Å². The van der Waals surface area contributed by atoms with Crippen molar-refractivity contribution >= 4 is 17.9 Å². The Morgan fingerprint density at radius 3 is 2.48 bits per heavy atom. The lowest BCUT2D eigenvalue weighted by molar-refractivity contribution is -0.132. The molecule has 0 bridgehead atoms. The fourth-order valence-electron chi connectivity index (χ4n) is 3.93. The number of benzene rings is 1. The minimum atomic E-state index is -0.0465. The number of nitrogens with zero attached hydrogens (tertiary/aromatic N) is 3. The van der Waals surface area contributed by atoms with Gasteiger partial charge in [-0.1, -0.05) is 36.8 Å². The van der Waals surface area contributed by atoms with Crippen molar-refractivity contribution in [1.82, 2.24) is 9.80 Å². The normalized spacial score (nSPS) is 21.2. The van der Waals surface area contributed by atoms with E-state index in [1.807, 2.05) is 43.0 Å². The number of carbonyl (C=O) groups is 2. The number of ketones is 1. The van der Waals surface area contributed by atoms with Crippen LogP contribution in [0.1, 0.15) is 43.2 Å². The highest BCUT2D eigenvalue weighted by Gasteiger charge is 2.27. The maximum atomic E-state index is 12.5. The van der Waals surface area contributed by atoms with E-state index >= 15 is 0 Å². The van der Waals surface area contributed by atoms with E-state index in [1.54, 1.807) is 6.21 Å². The van der Waals surface area contributed by atoms with Crippen LogP contribution < -0.4 is 0 Å². The number of hydrogen-bond acceptors (Lipinski definition) is 5. The Hall–Kier alpha value is -2.47. The quantitative estimate of drug-likeness (QED) is 0.749. The molecule has 1 aliphatic carbocycles. The number of aliphatic hydroxyl groups is 1. The van der Waals surface area contributed by atoms with Crippen molar-refractivity contribution in [3.05, 3.63) is 46.7 Å². The zero-order valence-electron chi connectivity index (χ0n) is 17.4. The summed E-state index contributed by atoms with van der Waals surface area (Å²) in [6, 6.07) is 8.14. The molecule has 1 aliphatic heterocycles. The summed E-state index contributed by atoms with van der Waals surface area (Å²) in [4.78, 5) is 32.8. The molecule has 6 nitrogen and oxygen atoms in total. The number of aliphatic imine (C=N–C) groups is 1. The van der Waals surface area contributed by atoms with Gasteiger partial charge in [0.05, 0.1) is 12.1 Å². The fourth-order valence-corrected chi connectivity index (χ4v) is 3.93. The molecule has 0 aromatic heterocycles. The van der Waals surface area contributed by atoms with Gasteiger partial charge >= 0.3 is 0 Å². The van der Waals surface area contributed by atoms with E-state index in [0.717, 1.165) is 38.3 Å². The monoisotopic (exact) mass is 397 g/mol. The van der Waals surface area contributed by atoms with Crippen molar-refractivity contribution in [2.75, 3.05) is 39.3 Å². The van der Waals surface area contributed by atoms with Crippen LogP contribution in [0.5, 0.6) is 0 Å². The van der Waals surface area contributed by atoms with Crippen LogP contribution in [0.15, 0.2) is 40.6 Å². The van der Waals surface area contributed by atoms with Gasteiger partial charge in [-0.2, -0.15) is 0 Å². The Morgan fingerprint density at radius 2 is 1.86 bits per heavy atom. The van der Waals surface area contributed by atoms with Crippen LogP contribution in [-0.4, -0.2) is 72.1 Å². The first-order valence-corrected chi connectivity index (χ1v) is 10.5. The zero-order valence-corrected chi connectivity index (χ0v) is 17.4. The molecule has 0 radical (unpaired) electrons. The Labute approximate surface area is 172 Å². The van der Waals surface area contributed by atoms with E-state index < -0.39 is 0 Å². The van der Waals surface area contributed by atoms with Crippen molar-refractivity contribution in [2.24, 2.45) is 4.99 Å². The second-order valence-electron chi connectivity index (χ2n) is 7.91. The van der Waals surface area contributed by atoms with E-state index in [-0.39, 0.29) is 23.4 Å². The molecule has 1 unspecified atom stereocenters. The lowest BCUT2D eigenvalue weighted by Gasteiger charge is -2.34. The molecular weight excluding hydrogens is 366 g/mol. The first-order chi connectivity index (χ1) is 14.0. The minimum absolute atomic E-state index is 0.0300. The smallest absolute Gasteiger partial charge is 0.222 e. The molecule has 2 aliphatic rings. The number of hydrogen-bond donors (Lipinski definition) is 1. The van der Waals surface area contributed by atoms with Gasteiger partial charge in [-0.3, -0.25) is 19.5 Å². The summed E-state index contributed by atoms with van der Waals surface area (Å²) in [5, 5.41) is 10.4. The molecule has 1 atom stereocenters. The number of aryl methyl sites for hydroxylation is 1. The molecular formula is C23H31N3O3. The Morgan fingerprint density at radius 1 is 1.17 bits per heavy atom. The molecule has 1 heterocycles. The summed E-state index contributed by atoms with van der Waals surface area (Å²) in [5.74, 6) is 0.337. The first kappa shape index (κ1) is 21.2. The lowest BCUT2D eigenvalue weighted by atomic mass is 9.83. The Bertz CT molecular complexity index is 790. The van der Waals surface area contributed by atoms with Gasteiger partial charge in [0.15, 0.2) is 5.78 Å². The summed E-state index contributed by atoms with van der Waals surface area (Å²) < 4.78 is 0. The standard InChI is InChI=1S/C23H31N3O3/c1-3-23(29)26-12-10-25(11-13-26)9-8-24-16-20-21(27)14-19(15-22(20)28)18-6-4-17(2)5-7-18/h4-7,16,19,27H,3,8-15H2,1-2H3. The van der Waals surface area contributed by atoms with Crippen LogP contribution in [0, 0.1) is 6.92 Å². The van der Waals surface area contributed by atoms with Crippen LogP contribution in [-0.2, 0) is 9.59 Å². The zero-order chi connectivity index (χ0) is 20.8. The average molecular weight is 398 g/mol. The molecule has 0 saturated carbocycles. The second-order valence-corrected chi connectivity index (χ2v) is 7.91. The van der Waals surface area contributed by atoms with Crippen LogP contribution in [0.25, 0.3) is 0 Å². The fraction of sp³-hybridized carbons (Fsp3) is 0.522. The van der Waals surface area contributed by atoms with Gasteiger partial charge in [0.25, 0.3) is 0 Å². The summed E-state index contributed by atoms with van der Waals surface area (Å²) in [7, 11) is 0. The highest BCUT2D eigenvalue weighted by atomic mass is 16.3. The SMILES string of the molecule is CCC(=O)N1CCN(CCN=CC2=C(O)CC(c3ccc(C)cc3)CC2=O)CC1. The molecule has 1 fully saturated rings. The molecule has 1 saturated heterocycles. The molecule has 3 rings (SSSR count). The van der Waals surface area contributed by atoms with Gasteiger partial charge in [0.1, 0.15) is 5.76 Å². The Kier molecular flexibility index (Phi) is 7.20. The topological polar surface area (TPSA) is 73.2 Å². The lowest BCUT2D eigenvalue weighted by Crippen LogP contribution is -2.49. The maximum Gasteiger partial charge on any atom is 0.222 e. The highest BCUT2D eigenvalue weighted by molar-refractivity contribution is 6.14. The predicted octanol–water partition coefficient (Wildman–Crippen LogP) is 2.88. The molecule has 29 heavy (non-hydrogen) atoms. The molecule has 1 N–H and O–H groups in total. The van der Waals surface area contributed by atoms with Gasteiger partial charge in [-0.15, -0.1) is 0 Å². The summed E-state index contributed by atoms with van der Waals surface area (Å²) >= 11 is 0. The van der Waals surface area contributed by atoms with Crippen molar-refractivity contribution in [1.29, 1.82) is 0 Å². The molecule has 1 amide bonds. The predicted molar refractivity (Wildman–Crippen MR) is 114 cm³/mol. The number of Topliss-reactive ketones (excluding diaryl/α,β-unsaturated/α-hetero) is 1. The number of carbonyl (C=O) groups excluding carboxylic acids is 2. The maximum absolute atomic E-state index is 12.5. The molecule has 1 aromatic carbocycles. The van der Waals surface area contributed by atoms with Crippen LogP contribution in [0.4, 0.5) is 0 Å². The van der Waals surface area contributed by atoms with E-state index in [2.05, 4.69) is 9.89 Å². The van der Waals surface area contributed by atoms with Crippen LogP contribution in [0.2, 0.25) is 0 Å². The van der Waals surface area contributed by atoms with Gasteiger partial charge in [0.2, 0.25) is 5.91 Å². The minimum Gasteiger partial charge on any atom is -0.511 e. The molecule has 6 heteroatoms. The van der Waals surface area contributed by atoms with E-state index in [1.165, 1.54) is 5.56 Å². The van der Waals surface area contributed by atoms with Crippen molar-refractivity contribution in [3.8, 4) is 0 Å². The van der Waals surface area contributed by atoms with Gasteiger partial charge in [-0.25, -0.2) is 0 Å². The van der Waals surface area contributed by atoms with Crippen LogP contribution in [0.3, 0.4) is 0 Å². The molecule has 156 valence electrons. The van der Waals surface area contributed by atoms with Crippen molar-refractivity contribution in [3.63, 3.8) is 0 Å². The third-order valence-corrected chi connectivity index (χ3v) is 5.82.